The summed E-state index contributed by atoms with van der Waals surface area (Å²) in [6.45, 7) is 2.27. The van der Waals surface area contributed by atoms with Crippen LogP contribution < -0.4 is 0 Å². The molecule has 1 saturated heterocycles. The van der Waals surface area contributed by atoms with E-state index < -0.39 is 0 Å². The first-order valence-corrected chi connectivity index (χ1v) is 6.74. The molecule has 0 saturated carbocycles. The second-order valence-electron chi connectivity index (χ2n) is 5.15. The van der Waals surface area contributed by atoms with Crippen LogP contribution in [-0.2, 0) is 13.6 Å². The highest BCUT2D eigenvalue weighted by molar-refractivity contribution is 5.20. The number of nitrogens with zero attached hydrogens (tertiary/aromatic N) is 2. The maximum atomic E-state index is 2.60. The smallest absolute Gasteiger partial charge is 0.0393 e. The molecule has 1 aromatic carbocycles. The first-order valence-electron chi connectivity index (χ1n) is 6.74. The Hall–Kier alpha value is -1.54. The molecule has 18 heavy (non-hydrogen) atoms. The Morgan fingerprint density at radius 1 is 1.11 bits per heavy atom. The van der Waals surface area contributed by atoms with E-state index in [-0.39, 0.29) is 0 Å². The molecule has 0 spiro atoms. The number of aryl methyl sites for hydroxylation is 1. The van der Waals surface area contributed by atoms with Gasteiger partial charge < -0.3 is 4.57 Å². The van der Waals surface area contributed by atoms with E-state index in [0.29, 0.717) is 6.04 Å². The number of rotatable bonds is 3. The lowest BCUT2D eigenvalue weighted by Gasteiger charge is -2.25. The number of hydrogen-bond donors (Lipinski definition) is 0. The largest absolute Gasteiger partial charge is 0.353 e. The predicted octanol–water partition coefficient (Wildman–Crippen LogP) is 3.36. The Bertz CT molecular complexity index is 501. The summed E-state index contributed by atoms with van der Waals surface area (Å²) in [6, 6.07) is 15.9. The molecule has 1 fully saturated rings. The molecule has 0 N–H and O–H groups in total. The van der Waals surface area contributed by atoms with Gasteiger partial charge in [-0.15, -0.1) is 0 Å². The minimum atomic E-state index is 0.598. The van der Waals surface area contributed by atoms with Crippen molar-refractivity contribution in [2.45, 2.75) is 25.4 Å². The van der Waals surface area contributed by atoms with Crippen LogP contribution >= 0.6 is 0 Å². The highest BCUT2D eigenvalue weighted by Crippen LogP contribution is 2.32. The minimum absolute atomic E-state index is 0.598. The van der Waals surface area contributed by atoms with Crippen LogP contribution in [0.2, 0.25) is 0 Å². The highest BCUT2D eigenvalue weighted by atomic mass is 15.2. The number of likely N-dealkylation sites (tertiary alicyclic amines) is 1. The number of hydrogen-bond acceptors (Lipinski definition) is 1. The summed E-state index contributed by atoms with van der Waals surface area (Å²) in [5, 5.41) is 0. The Morgan fingerprint density at radius 3 is 2.67 bits per heavy atom. The summed E-state index contributed by atoms with van der Waals surface area (Å²) in [5.74, 6) is 0. The van der Waals surface area contributed by atoms with Gasteiger partial charge in [0.1, 0.15) is 0 Å². The van der Waals surface area contributed by atoms with E-state index in [2.05, 4.69) is 65.2 Å². The maximum Gasteiger partial charge on any atom is 0.0393 e. The van der Waals surface area contributed by atoms with Crippen molar-refractivity contribution in [2.75, 3.05) is 6.54 Å². The van der Waals surface area contributed by atoms with Crippen molar-refractivity contribution >= 4 is 0 Å². The first kappa shape index (κ1) is 11.5. The van der Waals surface area contributed by atoms with E-state index in [1.807, 2.05) is 0 Å². The average molecular weight is 240 g/mol. The van der Waals surface area contributed by atoms with Gasteiger partial charge in [-0.2, -0.15) is 0 Å². The van der Waals surface area contributed by atoms with E-state index >= 15 is 0 Å². The molecule has 1 aromatic heterocycles. The van der Waals surface area contributed by atoms with E-state index in [1.165, 1.54) is 30.6 Å². The SMILES string of the molecule is Cn1cccc1CN1CCCC1c1ccccc1. The van der Waals surface area contributed by atoms with Crippen LogP contribution in [0.25, 0.3) is 0 Å². The number of aromatic nitrogens is 1. The normalized spacial score (nSPS) is 20.4. The van der Waals surface area contributed by atoms with Gasteiger partial charge in [-0.3, -0.25) is 4.90 Å². The van der Waals surface area contributed by atoms with Gasteiger partial charge in [-0.25, -0.2) is 0 Å². The fourth-order valence-corrected chi connectivity index (χ4v) is 2.94. The Kier molecular flexibility index (Phi) is 3.20. The molecule has 94 valence electrons. The van der Waals surface area contributed by atoms with Crippen molar-refractivity contribution in [3.05, 3.63) is 59.9 Å². The van der Waals surface area contributed by atoms with E-state index in [1.54, 1.807) is 0 Å². The molecule has 2 aromatic rings. The summed E-state index contributed by atoms with van der Waals surface area (Å²) in [4.78, 5) is 2.60. The van der Waals surface area contributed by atoms with Crippen LogP contribution in [0.5, 0.6) is 0 Å². The lowest BCUT2D eigenvalue weighted by molar-refractivity contribution is 0.243. The molecule has 1 atom stereocenters. The van der Waals surface area contributed by atoms with Crippen LogP contribution in [0.1, 0.15) is 30.1 Å². The van der Waals surface area contributed by atoms with Gasteiger partial charge in [0.25, 0.3) is 0 Å². The number of benzene rings is 1. The predicted molar refractivity (Wildman–Crippen MR) is 74.2 cm³/mol. The van der Waals surface area contributed by atoms with Gasteiger partial charge in [0.15, 0.2) is 0 Å². The fraction of sp³-hybridized carbons (Fsp3) is 0.375. The molecule has 1 aliphatic heterocycles. The molecule has 2 nitrogen and oxygen atoms in total. The molecule has 1 unspecified atom stereocenters. The standard InChI is InChI=1S/C16H20N2/c1-17-11-5-9-15(17)13-18-12-6-10-16(18)14-7-3-2-4-8-14/h2-5,7-9,11,16H,6,10,12-13H2,1H3. The average Bonchev–Trinajstić information content (AvgIpc) is 3.01. The third kappa shape index (κ3) is 2.21. The molecule has 0 radical (unpaired) electrons. The molecule has 0 amide bonds. The van der Waals surface area contributed by atoms with Crippen LogP contribution in [0.4, 0.5) is 0 Å². The van der Waals surface area contributed by atoms with Crippen molar-refractivity contribution in [3.63, 3.8) is 0 Å². The summed E-state index contributed by atoms with van der Waals surface area (Å²) < 4.78 is 2.22. The molecule has 1 aliphatic rings. The third-order valence-corrected chi connectivity index (χ3v) is 3.96. The zero-order valence-electron chi connectivity index (χ0n) is 10.9. The summed E-state index contributed by atoms with van der Waals surface area (Å²) in [5.41, 5.74) is 2.86. The molecule has 2 heterocycles. The van der Waals surface area contributed by atoms with Crippen molar-refractivity contribution in [1.82, 2.24) is 9.47 Å². The summed E-state index contributed by atoms with van der Waals surface area (Å²) in [6.07, 6.45) is 4.72. The lowest BCUT2D eigenvalue weighted by Crippen LogP contribution is -2.23. The van der Waals surface area contributed by atoms with Crippen molar-refractivity contribution in [1.29, 1.82) is 0 Å². The van der Waals surface area contributed by atoms with E-state index in [4.69, 9.17) is 0 Å². The monoisotopic (exact) mass is 240 g/mol. The van der Waals surface area contributed by atoms with Gasteiger partial charge >= 0.3 is 0 Å². The van der Waals surface area contributed by atoms with Crippen molar-refractivity contribution < 1.29 is 0 Å². The molecule has 3 rings (SSSR count). The van der Waals surface area contributed by atoms with Gasteiger partial charge in [0, 0.05) is 31.5 Å². The quantitative estimate of drug-likeness (QED) is 0.798. The molecule has 2 heteroatoms. The zero-order valence-corrected chi connectivity index (χ0v) is 10.9. The van der Waals surface area contributed by atoms with Crippen LogP contribution in [0.15, 0.2) is 48.7 Å². The highest BCUT2D eigenvalue weighted by Gasteiger charge is 2.25. The van der Waals surface area contributed by atoms with Crippen molar-refractivity contribution in [3.8, 4) is 0 Å². The summed E-state index contributed by atoms with van der Waals surface area (Å²) >= 11 is 0. The van der Waals surface area contributed by atoms with Crippen molar-refractivity contribution in [2.24, 2.45) is 7.05 Å². The second-order valence-corrected chi connectivity index (χ2v) is 5.15. The van der Waals surface area contributed by atoms with E-state index in [9.17, 15) is 0 Å². The Morgan fingerprint density at radius 2 is 1.94 bits per heavy atom. The third-order valence-electron chi connectivity index (χ3n) is 3.96. The van der Waals surface area contributed by atoms with E-state index in [0.717, 1.165) is 6.54 Å². The zero-order chi connectivity index (χ0) is 12.4. The molecule has 0 aliphatic carbocycles. The van der Waals surface area contributed by atoms with Crippen LogP contribution in [0.3, 0.4) is 0 Å². The lowest BCUT2D eigenvalue weighted by atomic mass is 10.0. The van der Waals surface area contributed by atoms with Gasteiger partial charge in [0.05, 0.1) is 0 Å². The van der Waals surface area contributed by atoms with Crippen LogP contribution in [0, 0.1) is 0 Å². The van der Waals surface area contributed by atoms with Gasteiger partial charge in [-0.1, -0.05) is 30.3 Å². The first-order chi connectivity index (χ1) is 8.84. The molecule has 0 bridgehead atoms. The molecular formula is C16H20N2. The Balaban J connectivity index is 1.78. The second kappa shape index (κ2) is 4.99. The topological polar surface area (TPSA) is 8.17 Å². The van der Waals surface area contributed by atoms with Gasteiger partial charge in [0.2, 0.25) is 0 Å². The fourth-order valence-electron chi connectivity index (χ4n) is 2.94. The van der Waals surface area contributed by atoms with Gasteiger partial charge in [-0.05, 0) is 37.1 Å². The van der Waals surface area contributed by atoms with Crippen LogP contribution in [-0.4, -0.2) is 16.0 Å². The minimum Gasteiger partial charge on any atom is -0.353 e. The summed E-state index contributed by atoms with van der Waals surface area (Å²) in [7, 11) is 2.13. The maximum absolute atomic E-state index is 2.60. The Labute approximate surface area is 109 Å². The molecular weight excluding hydrogens is 220 g/mol.